The first-order valence-electron chi connectivity index (χ1n) is 10.5. The van der Waals surface area contributed by atoms with Crippen molar-refractivity contribution in [3.63, 3.8) is 0 Å². The van der Waals surface area contributed by atoms with Crippen LogP contribution < -0.4 is 5.32 Å². The molecule has 174 valence electrons. The van der Waals surface area contributed by atoms with E-state index in [-0.39, 0.29) is 12.2 Å². The molecular weight excluding hydrogens is 463 g/mol. The average molecular weight is 484 g/mol. The predicted octanol–water partition coefficient (Wildman–Crippen LogP) is 6.76. The number of carbonyl (C=O) groups excluding carboxylic acids is 1. The third-order valence-electron chi connectivity index (χ3n) is 5.53. The van der Waals surface area contributed by atoms with E-state index in [0.717, 1.165) is 28.8 Å². The van der Waals surface area contributed by atoms with Gasteiger partial charge >= 0.3 is 6.18 Å². The summed E-state index contributed by atoms with van der Waals surface area (Å²) < 4.78 is 40.5. The zero-order valence-corrected chi connectivity index (χ0v) is 19.2. The van der Waals surface area contributed by atoms with Gasteiger partial charge in [-0.2, -0.15) is 18.3 Å². The largest absolute Gasteiger partial charge is 0.416 e. The highest BCUT2D eigenvalue weighted by Crippen LogP contribution is 2.30. The van der Waals surface area contributed by atoms with Gasteiger partial charge in [0.25, 0.3) is 5.91 Å². The molecule has 0 saturated heterocycles. The lowest BCUT2D eigenvalue weighted by atomic mass is 10.0. The van der Waals surface area contributed by atoms with Gasteiger partial charge in [0.15, 0.2) is 0 Å². The summed E-state index contributed by atoms with van der Waals surface area (Å²) in [6.45, 7) is 3.93. The number of halogens is 4. The van der Waals surface area contributed by atoms with Crippen molar-refractivity contribution in [3.05, 3.63) is 106 Å². The summed E-state index contributed by atoms with van der Waals surface area (Å²) in [6, 6.07) is 19.4. The van der Waals surface area contributed by atoms with Crippen LogP contribution in [0.3, 0.4) is 0 Å². The number of nitrogens with zero attached hydrogens (tertiary/aromatic N) is 2. The Labute approximate surface area is 200 Å². The van der Waals surface area contributed by atoms with Crippen LogP contribution in [0.5, 0.6) is 0 Å². The van der Waals surface area contributed by atoms with E-state index >= 15 is 0 Å². The Morgan fingerprint density at radius 1 is 0.971 bits per heavy atom. The van der Waals surface area contributed by atoms with Crippen molar-refractivity contribution in [1.82, 2.24) is 15.1 Å². The number of nitrogens with one attached hydrogen (secondary N) is 1. The average Bonchev–Trinajstić information content (AvgIpc) is 3.24. The number of carbonyl (C=O) groups is 1. The highest BCUT2D eigenvalue weighted by atomic mass is 35.5. The van der Waals surface area contributed by atoms with Gasteiger partial charge in [-0.25, -0.2) is 4.68 Å². The molecule has 0 unspecified atom stereocenters. The van der Waals surface area contributed by atoms with Gasteiger partial charge in [0.2, 0.25) is 0 Å². The minimum atomic E-state index is -4.45. The van der Waals surface area contributed by atoms with Gasteiger partial charge in [0.05, 0.1) is 22.0 Å². The minimum Gasteiger partial charge on any atom is -0.347 e. The number of para-hydroxylation sites is 1. The molecule has 0 radical (unpaired) electrons. The number of aryl methyl sites for hydroxylation is 2. The minimum absolute atomic E-state index is 0.0740. The standard InChI is InChI=1S/C26H21ClF3N3O/c1-16-10-11-19(12-17(16)2)22-14-24(33(32-22)23-9-4-3-8-21(23)27)25(34)31-15-18-6-5-7-20(13-18)26(28,29)30/h3-14H,15H2,1-2H3,(H,31,34). The van der Waals surface area contributed by atoms with Crippen LogP contribution in [0, 0.1) is 13.8 Å². The molecule has 0 aliphatic carbocycles. The SMILES string of the molecule is Cc1ccc(-c2cc(C(=O)NCc3cccc(C(F)(F)F)c3)n(-c3ccccc3Cl)n2)cc1C. The van der Waals surface area contributed by atoms with Gasteiger partial charge in [-0.3, -0.25) is 4.79 Å². The first kappa shape index (κ1) is 23.6. The summed E-state index contributed by atoms with van der Waals surface area (Å²) in [4.78, 5) is 13.1. The third-order valence-corrected chi connectivity index (χ3v) is 5.85. The first-order chi connectivity index (χ1) is 16.1. The molecule has 0 aliphatic rings. The normalized spacial score (nSPS) is 11.5. The lowest BCUT2D eigenvalue weighted by Crippen LogP contribution is -2.25. The number of alkyl halides is 3. The molecule has 4 aromatic rings. The van der Waals surface area contributed by atoms with Gasteiger partial charge in [0, 0.05) is 12.1 Å². The van der Waals surface area contributed by atoms with Crippen LogP contribution in [-0.4, -0.2) is 15.7 Å². The number of amides is 1. The van der Waals surface area contributed by atoms with E-state index in [1.807, 2.05) is 32.0 Å². The molecular formula is C26H21ClF3N3O. The summed E-state index contributed by atoms with van der Waals surface area (Å²) in [5.41, 5.74) is 3.93. The number of hydrogen-bond acceptors (Lipinski definition) is 2. The molecule has 0 fully saturated rings. The van der Waals surface area contributed by atoms with E-state index in [9.17, 15) is 18.0 Å². The molecule has 34 heavy (non-hydrogen) atoms. The number of aromatic nitrogens is 2. The van der Waals surface area contributed by atoms with Crippen LogP contribution in [0.1, 0.15) is 32.7 Å². The second-order valence-electron chi connectivity index (χ2n) is 7.96. The van der Waals surface area contributed by atoms with Gasteiger partial charge < -0.3 is 5.32 Å². The van der Waals surface area contributed by atoms with Crippen molar-refractivity contribution in [1.29, 1.82) is 0 Å². The van der Waals surface area contributed by atoms with Crippen LogP contribution in [0.4, 0.5) is 13.2 Å². The number of hydrogen-bond donors (Lipinski definition) is 1. The number of rotatable bonds is 5. The van der Waals surface area contributed by atoms with Gasteiger partial charge in [-0.15, -0.1) is 0 Å². The van der Waals surface area contributed by atoms with Crippen molar-refractivity contribution in [2.24, 2.45) is 0 Å². The zero-order valence-electron chi connectivity index (χ0n) is 18.4. The summed E-state index contributed by atoms with van der Waals surface area (Å²) in [6.07, 6.45) is -4.45. The third kappa shape index (κ3) is 4.99. The van der Waals surface area contributed by atoms with E-state index in [2.05, 4.69) is 10.4 Å². The second kappa shape index (κ2) is 9.35. The summed E-state index contributed by atoms with van der Waals surface area (Å²) in [5.74, 6) is -0.486. The van der Waals surface area contributed by atoms with Crippen LogP contribution in [0.25, 0.3) is 16.9 Å². The number of benzene rings is 3. The maximum Gasteiger partial charge on any atom is 0.416 e. The Balaban J connectivity index is 1.68. The maximum absolute atomic E-state index is 13.1. The van der Waals surface area contributed by atoms with Crippen molar-refractivity contribution >= 4 is 17.5 Å². The fourth-order valence-corrected chi connectivity index (χ4v) is 3.74. The van der Waals surface area contributed by atoms with Crippen molar-refractivity contribution in [2.45, 2.75) is 26.6 Å². The molecule has 1 heterocycles. The molecule has 4 nitrogen and oxygen atoms in total. The van der Waals surface area contributed by atoms with Crippen LogP contribution in [0.2, 0.25) is 5.02 Å². The fourth-order valence-electron chi connectivity index (χ4n) is 3.52. The molecule has 0 spiro atoms. The fraction of sp³-hybridized carbons (Fsp3) is 0.154. The Morgan fingerprint density at radius 2 is 1.74 bits per heavy atom. The molecule has 0 saturated carbocycles. The van der Waals surface area contributed by atoms with Crippen LogP contribution >= 0.6 is 11.6 Å². The molecule has 1 aromatic heterocycles. The molecule has 4 rings (SSSR count). The maximum atomic E-state index is 13.1. The van der Waals surface area contributed by atoms with E-state index in [1.165, 1.54) is 16.8 Å². The smallest absolute Gasteiger partial charge is 0.347 e. The Morgan fingerprint density at radius 3 is 2.44 bits per heavy atom. The van der Waals surface area contributed by atoms with E-state index in [4.69, 9.17) is 11.6 Å². The highest BCUT2D eigenvalue weighted by Gasteiger charge is 2.30. The topological polar surface area (TPSA) is 46.9 Å². The van der Waals surface area contributed by atoms with Crippen molar-refractivity contribution in [3.8, 4) is 16.9 Å². The van der Waals surface area contributed by atoms with Gasteiger partial charge in [-0.05, 0) is 66.9 Å². The molecule has 0 atom stereocenters. The Kier molecular flexibility index (Phi) is 6.48. The molecule has 1 amide bonds. The first-order valence-corrected chi connectivity index (χ1v) is 10.9. The predicted molar refractivity (Wildman–Crippen MR) is 126 cm³/mol. The van der Waals surface area contributed by atoms with Gasteiger partial charge in [0.1, 0.15) is 5.69 Å². The lowest BCUT2D eigenvalue weighted by Gasteiger charge is -2.11. The highest BCUT2D eigenvalue weighted by molar-refractivity contribution is 6.32. The van der Waals surface area contributed by atoms with Crippen LogP contribution in [-0.2, 0) is 12.7 Å². The Bertz CT molecular complexity index is 1360. The summed E-state index contributed by atoms with van der Waals surface area (Å²) in [7, 11) is 0. The summed E-state index contributed by atoms with van der Waals surface area (Å²) in [5, 5.41) is 7.73. The van der Waals surface area contributed by atoms with Crippen molar-refractivity contribution < 1.29 is 18.0 Å². The van der Waals surface area contributed by atoms with Gasteiger partial charge in [-0.1, -0.05) is 48.0 Å². The molecule has 0 aliphatic heterocycles. The summed E-state index contributed by atoms with van der Waals surface area (Å²) >= 11 is 6.37. The lowest BCUT2D eigenvalue weighted by molar-refractivity contribution is -0.137. The second-order valence-corrected chi connectivity index (χ2v) is 8.37. The van der Waals surface area contributed by atoms with E-state index in [1.54, 1.807) is 30.3 Å². The molecule has 3 aromatic carbocycles. The quantitative estimate of drug-likeness (QED) is 0.341. The van der Waals surface area contributed by atoms with Crippen LogP contribution in [0.15, 0.2) is 72.8 Å². The van der Waals surface area contributed by atoms with Crippen molar-refractivity contribution in [2.75, 3.05) is 0 Å². The van der Waals surface area contributed by atoms with E-state index < -0.39 is 17.6 Å². The monoisotopic (exact) mass is 483 g/mol. The zero-order chi connectivity index (χ0) is 24.5. The van der Waals surface area contributed by atoms with E-state index in [0.29, 0.717) is 22.0 Å². The molecule has 0 bridgehead atoms. The molecule has 8 heteroatoms. The Hall–Kier alpha value is -3.58. The molecule has 1 N–H and O–H groups in total.